The van der Waals surface area contributed by atoms with E-state index in [0.717, 1.165) is 58.7 Å². The molecule has 192 valence electrons. The zero-order valence-corrected chi connectivity index (χ0v) is 23.6. The number of fused-ring (bicyclic) bond motifs is 1. The maximum atomic E-state index is 3.49. The fourth-order valence-corrected chi connectivity index (χ4v) is 4.98. The quantitative estimate of drug-likeness (QED) is 0.213. The molecule has 38 heavy (non-hydrogen) atoms. The van der Waals surface area contributed by atoms with Gasteiger partial charge in [0, 0.05) is 22.3 Å². The lowest BCUT2D eigenvalue weighted by Crippen LogP contribution is -1.93. The average Bonchev–Trinajstić information content (AvgIpc) is 2.97. The van der Waals surface area contributed by atoms with Crippen molar-refractivity contribution in [2.45, 2.75) is 79.1 Å². The van der Waals surface area contributed by atoms with Gasteiger partial charge in [0.2, 0.25) is 0 Å². The van der Waals surface area contributed by atoms with Gasteiger partial charge in [-0.1, -0.05) is 113 Å². The van der Waals surface area contributed by atoms with Crippen LogP contribution in [-0.4, -0.2) is 0 Å². The van der Waals surface area contributed by atoms with Crippen LogP contribution in [0.1, 0.15) is 97.9 Å². The minimum atomic E-state index is 0.999. The van der Waals surface area contributed by atoms with Crippen LogP contribution in [0.15, 0.2) is 72.8 Å². The zero-order valence-electron chi connectivity index (χ0n) is 23.6. The summed E-state index contributed by atoms with van der Waals surface area (Å²) in [7, 11) is 0. The van der Waals surface area contributed by atoms with Gasteiger partial charge in [0.1, 0.15) is 0 Å². The van der Waals surface area contributed by atoms with E-state index in [1.807, 2.05) is 0 Å². The first kappa shape index (κ1) is 27.3. The van der Waals surface area contributed by atoms with Crippen LogP contribution in [0.2, 0.25) is 0 Å². The van der Waals surface area contributed by atoms with E-state index in [2.05, 4.69) is 124 Å². The summed E-state index contributed by atoms with van der Waals surface area (Å²) in [6.07, 6.45) is 9.21. The van der Waals surface area contributed by atoms with Crippen molar-refractivity contribution < 1.29 is 0 Å². The highest BCUT2D eigenvalue weighted by atomic mass is 14.1. The molecule has 0 saturated carbocycles. The first-order chi connectivity index (χ1) is 18.7. The Bertz CT molecular complexity index is 1390. The zero-order chi connectivity index (χ0) is 26.7. The van der Waals surface area contributed by atoms with Crippen LogP contribution in [0.5, 0.6) is 0 Å². The van der Waals surface area contributed by atoms with Gasteiger partial charge in [0.15, 0.2) is 0 Å². The van der Waals surface area contributed by atoms with Crippen LogP contribution in [0.4, 0.5) is 0 Å². The molecule has 0 aliphatic rings. The van der Waals surface area contributed by atoms with Gasteiger partial charge in [-0.15, -0.1) is 0 Å². The van der Waals surface area contributed by atoms with Gasteiger partial charge in [0.05, 0.1) is 0 Å². The summed E-state index contributed by atoms with van der Waals surface area (Å²) in [5.74, 6) is 13.9. The monoisotopic (exact) mass is 496 g/mol. The van der Waals surface area contributed by atoms with Gasteiger partial charge < -0.3 is 0 Å². The molecule has 0 atom stereocenters. The minimum Gasteiger partial charge on any atom is -0.0654 e. The Morgan fingerprint density at radius 3 is 1.26 bits per heavy atom. The SMILES string of the molecule is CCCCc1ccc(C#Cc2ccc(C#Cc3ccc(CCCC)cc3CC)c3ccccc23)c(CC)c1. The molecule has 0 spiro atoms. The third-order valence-electron chi connectivity index (χ3n) is 7.33. The van der Waals surface area contributed by atoms with E-state index >= 15 is 0 Å². The van der Waals surface area contributed by atoms with Crippen LogP contribution >= 0.6 is 0 Å². The van der Waals surface area contributed by atoms with Crippen LogP contribution in [-0.2, 0) is 25.7 Å². The Labute approximate surface area is 230 Å². The van der Waals surface area contributed by atoms with E-state index in [-0.39, 0.29) is 0 Å². The van der Waals surface area contributed by atoms with E-state index in [0.29, 0.717) is 0 Å². The van der Waals surface area contributed by atoms with Gasteiger partial charge in [-0.25, -0.2) is 0 Å². The minimum absolute atomic E-state index is 0.999. The topological polar surface area (TPSA) is 0 Å². The largest absolute Gasteiger partial charge is 0.0654 e. The van der Waals surface area contributed by atoms with E-state index in [1.54, 1.807) is 0 Å². The number of hydrogen-bond donors (Lipinski definition) is 0. The second kappa shape index (κ2) is 13.7. The first-order valence-electron chi connectivity index (χ1n) is 14.5. The van der Waals surface area contributed by atoms with Crippen molar-refractivity contribution >= 4 is 10.8 Å². The molecule has 0 aromatic heterocycles. The van der Waals surface area contributed by atoms with Crippen molar-refractivity contribution in [3.63, 3.8) is 0 Å². The number of unbranched alkanes of at least 4 members (excludes halogenated alkanes) is 2. The molecular weight excluding hydrogens is 456 g/mol. The summed E-state index contributed by atoms with van der Waals surface area (Å²) in [6.45, 7) is 8.93. The predicted molar refractivity (Wildman–Crippen MR) is 165 cm³/mol. The fourth-order valence-electron chi connectivity index (χ4n) is 4.98. The highest BCUT2D eigenvalue weighted by Gasteiger charge is 2.05. The van der Waals surface area contributed by atoms with Gasteiger partial charge in [-0.05, 0) is 95.8 Å². The van der Waals surface area contributed by atoms with Crippen LogP contribution in [0.25, 0.3) is 10.8 Å². The summed E-state index contributed by atoms with van der Waals surface area (Å²) in [5.41, 5.74) is 9.89. The average molecular weight is 497 g/mol. The van der Waals surface area contributed by atoms with Gasteiger partial charge in [-0.3, -0.25) is 0 Å². The normalized spacial score (nSPS) is 10.5. The highest BCUT2D eigenvalue weighted by Crippen LogP contribution is 2.23. The van der Waals surface area contributed by atoms with Crippen LogP contribution in [0, 0.1) is 23.7 Å². The standard InChI is InChI=1S/C38H40/c1-5-9-13-29-17-19-33(31(7-3)27-29)21-23-35-25-26-36(38-16-12-11-15-37(35)38)24-22-34-20-18-30(14-10-6-2)28-32(34)8-4/h11-12,15-20,25-28H,5-10,13-14H2,1-4H3. The molecular formula is C38H40. The molecule has 0 saturated heterocycles. The Hall–Kier alpha value is -3.74. The molecule has 0 nitrogen and oxygen atoms in total. The molecule has 0 aliphatic carbocycles. The molecule has 0 unspecified atom stereocenters. The molecule has 4 aromatic carbocycles. The molecule has 0 fully saturated rings. The van der Waals surface area contributed by atoms with Crippen LogP contribution < -0.4 is 0 Å². The third kappa shape index (κ3) is 6.77. The lowest BCUT2D eigenvalue weighted by molar-refractivity contribution is 0.794. The molecule has 4 rings (SSSR count). The smallest absolute Gasteiger partial charge is 0.0328 e. The molecule has 0 aliphatic heterocycles. The Balaban J connectivity index is 1.66. The van der Waals surface area contributed by atoms with Crippen molar-refractivity contribution in [2.24, 2.45) is 0 Å². The summed E-state index contributed by atoms with van der Waals surface area (Å²) in [6, 6.07) is 26.4. The molecule has 0 radical (unpaired) electrons. The predicted octanol–water partition coefficient (Wildman–Crippen LogP) is 9.45. The van der Waals surface area contributed by atoms with Crippen molar-refractivity contribution in [1.29, 1.82) is 0 Å². The van der Waals surface area contributed by atoms with E-state index in [1.165, 1.54) is 47.9 Å². The van der Waals surface area contributed by atoms with Gasteiger partial charge in [0.25, 0.3) is 0 Å². The van der Waals surface area contributed by atoms with E-state index in [4.69, 9.17) is 0 Å². The van der Waals surface area contributed by atoms with E-state index in [9.17, 15) is 0 Å². The van der Waals surface area contributed by atoms with Gasteiger partial charge >= 0.3 is 0 Å². The molecule has 0 heterocycles. The van der Waals surface area contributed by atoms with Crippen LogP contribution in [0.3, 0.4) is 0 Å². The maximum absolute atomic E-state index is 3.49. The summed E-state index contributed by atoms with van der Waals surface area (Å²) in [5, 5.41) is 2.32. The van der Waals surface area contributed by atoms with Crippen molar-refractivity contribution in [2.75, 3.05) is 0 Å². The Morgan fingerprint density at radius 1 is 0.474 bits per heavy atom. The second-order valence-corrected chi connectivity index (χ2v) is 10.1. The Kier molecular flexibility index (Phi) is 9.84. The van der Waals surface area contributed by atoms with E-state index < -0.39 is 0 Å². The molecule has 0 heteroatoms. The molecule has 4 aromatic rings. The summed E-state index contributed by atoms with van der Waals surface area (Å²) in [4.78, 5) is 0. The lowest BCUT2D eigenvalue weighted by atomic mass is 9.97. The number of hydrogen-bond acceptors (Lipinski definition) is 0. The van der Waals surface area contributed by atoms with Crippen molar-refractivity contribution in [3.05, 3.63) is 117 Å². The Morgan fingerprint density at radius 2 is 0.868 bits per heavy atom. The lowest BCUT2D eigenvalue weighted by Gasteiger charge is -2.07. The van der Waals surface area contributed by atoms with Crippen molar-refractivity contribution in [1.82, 2.24) is 0 Å². The third-order valence-corrected chi connectivity index (χ3v) is 7.33. The molecule has 0 N–H and O–H groups in total. The molecule has 0 bridgehead atoms. The van der Waals surface area contributed by atoms with Crippen molar-refractivity contribution in [3.8, 4) is 23.7 Å². The highest BCUT2D eigenvalue weighted by molar-refractivity contribution is 5.93. The number of benzene rings is 4. The fraction of sp³-hybridized carbons (Fsp3) is 0.316. The first-order valence-corrected chi connectivity index (χ1v) is 14.5. The number of rotatable bonds is 8. The summed E-state index contributed by atoms with van der Waals surface area (Å²) >= 11 is 0. The van der Waals surface area contributed by atoms with Gasteiger partial charge in [-0.2, -0.15) is 0 Å². The number of aryl methyl sites for hydroxylation is 4. The molecule has 0 amide bonds. The summed E-state index contributed by atoms with van der Waals surface area (Å²) < 4.78 is 0. The maximum Gasteiger partial charge on any atom is 0.0328 e. The second-order valence-electron chi connectivity index (χ2n) is 10.1.